The van der Waals surface area contributed by atoms with E-state index in [2.05, 4.69) is 15.6 Å². The zero-order valence-electron chi connectivity index (χ0n) is 14.3. The van der Waals surface area contributed by atoms with E-state index in [4.69, 9.17) is 16.3 Å². The largest absolute Gasteiger partial charge is 0.492 e. The van der Waals surface area contributed by atoms with Crippen molar-refractivity contribution >= 4 is 23.4 Å². The monoisotopic (exact) mass is 353 g/mol. The lowest BCUT2D eigenvalue weighted by Gasteiger charge is -2.19. The predicted octanol–water partition coefficient (Wildman–Crippen LogP) is 2.41. The quantitative estimate of drug-likeness (QED) is 0.752. The summed E-state index contributed by atoms with van der Waals surface area (Å²) in [5, 5.41) is 5.67. The maximum Gasteiger partial charge on any atom is 0.270 e. The second-order valence-corrected chi connectivity index (χ2v) is 6.93. The number of carbonyl (C=O) groups is 2. The van der Waals surface area contributed by atoms with Crippen molar-refractivity contribution in [1.82, 2.24) is 15.6 Å². The summed E-state index contributed by atoms with van der Waals surface area (Å²) in [7, 11) is 1.55. The van der Waals surface area contributed by atoms with Crippen LogP contribution in [0.3, 0.4) is 0 Å². The van der Waals surface area contributed by atoms with Crippen LogP contribution in [0.2, 0.25) is 5.02 Å². The van der Waals surface area contributed by atoms with Gasteiger partial charge in [-0.15, -0.1) is 0 Å². The molecule has 0 aliphatic heterocycles. The number of carbonyl (C=O) groups excluding carboxylic acids is 2. The van der Waals surface area contributed by atoms with Gasteiger partial charge in [0.1, 0.15) is 22.5 Å². The molecule has 0 aromatic carbocycles. The summed E-state index contributed by atoms with van der Waals surface area (Å²) >= 11 is 6.07. The minimum atomic E-state index is -0.601. The number of amides is 2. The topological polar surface area (TPSA) is 80.3 Å². The number of nitrogens with zero attached hydrogens (tertiary/aromatic N) is 1. The SMILES string of the molecule is CNC(=O)[C@H](CC(C)C)NC(=O)c1cc(OCC2CC2)c(Cl)cn1. The molecule has 0 bridgehead atoms. The summed E-state index contributed by atoms with van der Waals surface area (Å²) in [5.74, 6) is 0.649. The van der Waals surface area contributed by atoms with Gasteiger partial charge in [-0.05, 0) is 31.1 Å². The molecule has 0 spiro atoms. The third kappa shape index (κ3) is 5.37. The lowest BCUT2D eigenvalue weighted by molar-refractivity contribution is -0.122. The van der Waals surface area contributed by atoms with Crippen LogP contribution in [0.15, 0.2) is 12.3 Å². The molecule has 1 aromatic rings. The lowest BCUT2D eigenvalue weighted by atomic mass is 10.0. The highest BCUT2D eigenvalue weighted by atomic mass is 35.5. The van der Waals surface area contributed by atoms with Gasteiger partial charge in [-0.25, -0.2) is 4.98 Å². The number of hydrogen-bond acceptors (Lipinski definition) is 4. The Bertz CT molecular complexity index is 603. The molecule has 0 unspecified atom stereocenters. The average Bonchev–Trinajstić information content (AvgIpc) is 3.36. The smallest absolute Gasteiger partial charge is 0.270 e. The van der Waals surface area contributed by atoms with Crippen molar-refractivity contribution in [2.24, 2.45) is 11.8 Å². The average molecular weight is 354 g/mol. The van der Waals surface area contributed by atoms with Gasteiger partial charge in [-0.3, -0.25) is 9.59 Å². The molecule has 0 saturated heterocycles. The van der Waals surface area contributed by atoms with Gasteiger partial charge in [0.05, 0.1) is 12.8 Å². The van der Waals surface area contributed by atoms with Crippen molar-refractivity contribution in [2.75, 3.05) is 13.7 Å². The normalized spacial score (nSPS) is 15.0. The van der Waals surface area contributed by atoms with Crippen LogP contribution in [0.1, 0.15) is 43.6 Å². The van der Waals surface area contributed by atoms with Crippen LogP contribution in [-0.2, 0) is 4.79 Å². The molecule has 24 heavy (non-hydrogen) atoms. The van der Waals surface area contributed by atoms with Gasteiger partial charge in [0.25, 0.3) is 5.91 Å². The molecule has 7 heteroatoms. The molecule has 2 amide bonds. The van der Waals surface area contributed by atoms with E-state index >= 15 is 0 Å². The number of nitrogens with one attached hydrogen (secondary N) is 2. The summed E-state index contributed by atoms with van der Waals surface area (Å²) in [4.78, 5) is 28.4. The molecule has 6 nitrogen and oxygen atoms in total. The first-order valence-corrected chi connectivity index (χ1v) is 8.59. The van der Waals surface area contributed by atoms with Crippen LogP contribution in [0.5, 0.6) is 5.75 Å². The molecular weight excluding hydrogens is 330 g/mol. The third-order valence-electron chi connectivity index (χ3n) is 3.80. The van der Waals surface area contributed by atoms with Crippen molar-refractivity contribution in [3.05, 3.63) is 23.0 Å². The molecule has 1 aliphatic carbocycles. The third-order valence-corrected chi connectivity index (χ3v) is 4.08. The van der Waals surface area contributed by atoms with Gasteiger partial charge in [0.15, 0.2) is 0 Å². The summed E-state index contributed by atoms with van der Waals surface area (Å²) in [5.41, 5.74) is 0.183. The number of likely N-dealkylation sites (N-methyl/N-ethyl adjacent to an activating group) is 1. The highest BCUT2D eigenvalue weighted by Crippen LogP contribution is 2.31. The van der Waals surface area contributed by atoms with E-state index in [0.717, 1.165) is 0 Å². The maximum absolute atomic E-state index is 12.4. The molecule has 132 valence electrons. The minimum absolute atomic E-state index is 0.183. The Morgan fingerprint density at radius 3 is 2.71 bits per heavy atom. The van der Waals surface area contributed by atoms with Gasteiger partial charge < -0.3 is 15.4 Å². The fourth-order valence-corrected chi connectivity index (χ4v) is 2.41. The molecule has 1 heterocycles. The van der Waals surface area contributed by atoms with Crippen LogP contribution < -0.4 is 15.4 Å². The highest BCUT2D eigenvalue weighted by molar-refractivity contribution is 6.32. The maximum atomic E-state index is 12.4. The van der Waals surface area contributed by atoms with E-state index in [-0.39, 0.29) is 17.5 Å². The van der Waals surface area contributed by atoms with E-state index in [0.29, 0.717) is 29.7 Å². The molecule has 2 N–H and O–H groups in total. The summed E-state index contributed by atoms with van der Waals surface area (Å²) in [6, 6.07) is 0.923. The Morgan fingerprint density at radius 1 is 1.42 bits per heavy atom. The Balaban J connectivity index is 2.06. The molecule has 0 radical (unpaired) electrons. The van der Waals surface area contributed by atoms with Gasteiger partial charge in [-0.1, -0.05) is 25.4 Å². The molecular formula is C17H24ClN3O3. The number of aromatic nitrogens is 1. The first-order chi connectivity index (χ1) is 11.4. The van der Waals surface area contributed by atoms with Gasteiger partial charge in [0, 0.05) is 13.1 Å². The Hall–Kier alpha value is -1.82. The second kappa shape index (κ2) is 8.33. The van der Waals surface area contributed by atoms with E-state index in [9.17, 15) is 9.59 Å². The van der Waals surface area contributed by atoms with E-state index in [1.807, 2.05) is 13.8 Å². The summed E-state index contributed by atoms with van der Waals surface area (Å²) in [6.07, 6.45) is 4.28. The first-order valence-electron chi connectivity index (χ1n) is 8.21. The van der Waals surface area contributed by atoms with Crippen LogP contribution in [-0.4, -0.2) is 36.5 Å². The molecule has 1 aliphatic rings. The fraction of sp³-hybridized carbons (Fsp3) is 0.588. The van der Waals surface area contributed by atoms with Crippen molar-refractivity contribution in [3.8, 4) is 5.75 Å². The number of ether oxygens (including phenoxy) is 1. The minimum Gasteiger partial charge on any atom is -0.492 e. The summed E-state index contributed by atoms with van der Waals surface area (Å²) in [6.45, 7) is 4.58. The summed E-state index contributed by atoms with van der Waals surface area (Å²) < 4.78 is 5.66. The van der Waals surface area contributed by atoms with Crippen LogP contribution in [0.25, 0.3) is 0 Å². The lowest BCUT2D eigenvalue weighted by Crippen LogP contribution is -2.46. The fourth-order valence-electron chi connectivity index (χ4n) is 2.26. The van der Waals surface area contributed by atoms with Crippen LogP contribution in [0.4, 0.5) is 0 Å². The number of halogens is 1. The predicted molar refractivity (Wildman–Crippen MR) is 92.2 cm³/mol. The Morgan fingerprint density at radius 2 is 2.12 bits per heavy atom. The van der Waals surface area contributed by atoms with Crippen molar-refractivity contribution in [1.29, 1.82) is 0 Å². The van der Waals surface area contributed by atoms with E-state index in [1.165, 1.54) is 25.1 Å². The standard InChI is InChI=1S/C17H24ClN3O3/c1-10(2)6-14(16(22)19-3)21-17(23)13-7-15(12(18)8-20-13)24-9-11-4-5-11/h7-8,10-11,14H,4-6,9H2,1-3H3,(H,19,22)(H,21,23)/t14-/m0/s1. The number of rotatable bonds is 8. The van der Waals surface area contributed by atoms with Gasteiger partial charge in [-0.2, -0.15) is 0 Å². The molecule has 1 fully saturated rings. The van der Waals surface area contributed by atoms with Crippen molar-refractivity contribution in [2.45, 2.75) is 39.2 Å². The molecule has 1 saturated carbocycles. The highest BCUT2D eigenvalue weighted by Gasteiger charge is 2.24. The molecule has 1 aromatic heterocycles. The second-order valence-electron chi connectivity index (χ2n) is 6.52. The van der Waals surface area contributed by atoms with Crippen LogP contribution in [0, 0.1) is 11.8 Å². The number of hydrogen-bond donors (Lipinski definition) is 2. The van der Waals surface area contributed by atoms with E-state index < -0.39 is 11.9 Å². The Labute approximate surface area is 147 Å². The van der Waals surface area contributed by atoms with Crippen molar-refractivity contribution in [3.63, 3.8) is 0 Å². The molecule has 1 atom stereocenters. The van der Waals surface area contributed by atoms with Crippen molar-refractivity contribution < 1.29 is 14.3 Å². The zero-order valence-corrected chi connectivity index (χ0v) is 15.0. The zero-order chi connectivity index (χ0) is 17.7. The van der Waals surface area contributed by atoms with Gasteiger partial charge in [0.2, 0.25) is 5.91 Å². The molecule has 2 rings (SSSR count). The number of pyridine rings is 1. The van der Waals surface area contributed by atoms with Gasteiger partial charge >= 0.3 is 0 Å². The van der Waals surface area contributed by atoms with Crippen LogP contribution >= 0.6 is 11.6 Å². The Kier molecular flexibility index (Phi) is 6.43. The first kappa shape index (κ1) is 18.5. The van der Waals surface area contributed by atoms with E-state index in [1.54, 1.807) is 7.05 Å².